The van der Waals surface area contributed by atoms with E-state index in [1.165, 1.54) is 27.8 Å². The van der Waals surface area contributed by atoms with Crippen molar-refractivity contribution in [2.45, 2.75) is 69.2 Å². The SMILES string of the molecule is CC(=O)c1nc(/C(C)=N/c2c(C)c(C)c(C)c(C)c2C)c(C)c(C)c1C. The third-order valence-corrected chi connectivity index (χ3v) is 5.98. The van der Waals surface area contributed by atoms with Crippen molar-refractivity contribution < 1.29 is 4.79 Å². The fourth-order valence-electron chi connectivity index (χ4n) is 3.48. The number of aliphatic imine (C=N–C) groups is 1. The maximum absolute atomic E-state index is 12.0. The minimum Gasteiger partial charge on any atom is -0.293 e. The monoisotopic (exact) mass is 350 g/mol. The molecule has 0 N–H and O–H groups in total. The number of carbonyl (C=O) groups excluding carboxylic acids is 1. The minimum absolute atomic E-state index is 0.00552. The van der Waals surface area contributed by atoms with Crippen LogP contribution < -0.4 is 0 Å². The normalized spacial score (nSPS) is 11.8. The Balaban J connectivity index is 2.76. The number of ketones is 1. The Morgan fingerprint density at radius 3 is 1.46 bits per heavy atom. The van der Waals surface area contributed by atoms with Crippen molar-refractivity contribution in [1.29, 1.82) is 0 Å². The van der Waals surface area contributed by atoms with E-state index in [2.05, 4.69) is 46.5 Å². The van der Waals surface area contributed by atoms with Gasteiger partial charge in [0.05, 0.1) is 17.1 Å². The van der Waals surface area contributed by atoms with Crippen LogP contribution in [0.25, 0.3) is 0 Å². The molecule has 0 aliphatic rings. The molecule has 3 heteroatoms. The average Bonchev–Trinajstić information content (AvgIpc) is 2.59. The molecule has 0 unspecified atom stereocenters. The van der Waals surface area contributed by atoms with E-state index in [9.17, 15) is 4.79 Å². The summed E-state index contributed by atoms with van der Waals surface area (Å²) < 4.78 is 0. The van der Waals surface area contributed by atoms with E-state index in [1.54, 1.807) is 6.92 Å². The van der Waals surface area contributed by atoms with E-state index in [1.807, 2.05) is 20.8 Å². The molecule has 26 heavy (non-hydrogen) atoms. The van der Waals surface area contributed by atoms with Crippen LogP contribution in [0.15, 0.2) is 4.99 Å². The zero-order valence-corrected chi connectivity index (χ0v) is 17.8. The maximum Gasteiger partial charge on any atom is 0.178 e. The Labute approximate surface area is 157 Å². The molecule has 2 rings (SSSR count). The topological polar surface area (TPSA) is 42.3 Å². The molecule has 1 aromatic heterocycles. The highest BCUT2D eigenvalue weighted by molar-refractivity contribution is 6.02. The molecule has 2 aromatic rings. The number of aromatic nitrogens is 1. The van der Waals surface area contributed by atoms with Gasteiger partial charge in [0, 0.05) is 6.92 Å². The zero-order valence-electron chi connectivity index (χ0n) is 17.8. The van der Waals surface area contributed by atoms with Gasteiger partial charge in [-0.05, 0) is 107 Å². The molecular weight excluding hydrogens is 320 g/mol. The lowest BCUT2D eigenvalue weighted by atomic mass is 9.93. The van der Waals surface area contributed by atoms with Crippen molar-refractivity contribution in [2.75, 3.05) is 0 Å². The van der Waals surface area contributed by atoms with Gasteiger partial charge in [0.15, 0.2) is 5.78 Å². The number of hydrogen-bond donors (Lipinski definition) is 0. The van der Waals surface area contributed by atoms with E-state index in [4.69, 9.17) is 4.99 Å². The first kappa shape index (κ1) is 20.0. The highest BCUT2D eigenvalue weighted by Crippen LogP contribution is 2.33. The first-order chi connectivity index (χ1) is 12.0. The van der Waals surface area contributed by atoms with Gasteiger partial charge in [-0.15, -0.1) is 0 Å². The molecule has 0 fully saturated rings. The Morgan fingerprint density at radius 1 is 0.615 bits per heavy atom. The second kappa shape index (κ2) is 7.14. The fourth-order valence-corrected chi connectivity index (χ4v) is 3.48. The van der Waals surface area contributed by atoms with Gasteiger partial charge in [0.2, 0.25) is 0 Å². The second-order valence-electron chi connectivity index (χ2n) is 7.41. The van der Waals surface area contributed by atoms with E-state index in [0.29, 0.717) is 5.69 Å². The fraction of sp³-hybridized carbons (Fsp3) is 0.435. The standard InChI is InChI=1S/C23H30N2O/c1-11-12(2)15(5)21(16(6)13(11)3)24-19(9)22-17(7)14(4)18(8)23(25-22)20(10)26/h1-10H3/b24-19+. The maximum atomic E-state index is 12.0. The molecule has 0 saturated carbocycles. The number of pyridine rings is 1. The van der Waals surface area contributed by atoms with Crippen LogP contribution in [0.5, 0.6) is 0 Å². The summed E-state index contributed by atoms with van der Waals surface area (Å²) >= 11 is 0. The van der Waals surface area contributed by atoms with Gasteiger partial charge in [-0.25, -0.2) is 4.98 Å². The van der Waals surface area contributed by atoms with Crippen LogP contribution in [0.3, 0.4) is 0 Å². The summed E-state index contributed by atoms with van der Waals surface area (Å²) in [5.41, 5.74) is 12.7. The number of Topliss-reactive ketones (excluding diaryl/α,β-unsaturated/α-hetero) is 1. The summed E-state index contributed by atoms with van der Waals surface area (Å²) in [7, 11) is 0. The van der Waals surface area contributed by atoms with Crippen LogP contribution in [-0.2, 0) is 0 Å². The molecule has 0 radical (unpaired) electrons. The van der Waals surface area contributed by atoms with Crippen molar-refractivity contribution in [1.82, 2.24) is 4.98 Å². The van der Waals surface area contributed by atoms with Gasteiger partial charge in [-0.3, -0.25) is 9.79 Å². The molecule has 1 aromatic carbocycles. The summed E-state index contributed by atoms with van der Waals surface area (Å²) in [5.74, 6) is -0.00552. The lowest BCUT2D eigenvalue weighted by molar-refractivity contribution is 0.101. The van der Waals surface area contributed by atoms with Crippen molar-refractivity contribution in [3.05, 3.63) is 55.9 Å². The molecule has 3 nitrogen and oxygen atoms in total. The first-order valence-corrected chi connectivity index (χ1v) is 9.10. The summed E-state index contributed by atoms with van der Waals surface area (Å²) in [5, 5.41) is 0. The van der Waals surface area contributed by atoms with Gasteiger partial charge < -0.3 is 0 Å². The number of rotatable bonds is 3. The van der Waals surface area contributed by atoms with Gasteiger partial charge >= 0.3 is 0 Å². The van der Waals surface area contributed by atoms with Gasteiger partial charge in [0.1, 0.15) is 5.69 Å². The van der Waals surface area contributed by atoms with Crippen molar-refractivity contribution in [3.8, 4) is 0 Å². The smallest absolute Gasteiger partial charge is 0.178 e. The summed E-state index contributed by atoms with van der Waals surface area (Å²) in [4.78, 5) is 21.6. The summed E-state index contributed by atoms with van der Waals surface area (Å²) in [6.45, 7) is 20.3. The van der Waals surface area contributed by atoms with Crippen LogP contribution in [0.1, 0.15) is 74.5 Å². The van der Waals surface area contributed by atoms with Crippen molar-refractivity contribution >= 4 is 17.2 Å². The zero-order chi connectivity index (χ0) is 19.9. The number of hydrogen-bond acceptors (Lipinski definition) is 3. The third-order valence-electron chi connectivity index (χ3n) is 5.98. The lowest BCUT2D eigenvalue weighted by Crippen LogP contribution is -2.12. The van der Waals surface area contributed by atoms with Crippen LogP contribution in [0, 0.1) is 55.4 Å². The molecule has 0 atom stereocenters. The van der Waals surface area contributed by atoms with Crippen molar-refractivity contribution in [3.63, 3.8) is 0 Å². The Bertz CT molecular complexity index is 921. The Morgan fingerprint density at radius 2 is 1.00 bits per heavy atom. The first-order valence-electron chi connectivity index (χ1n) is 9.10. The van der Waals surface area contributed by atoms with Crippen LogP contribution >= 0.6 is 0 Å². The molecule has 0 saturated heterocycles. The molecule has 0 amide bonds. The largest absolute Gasteiger partial charge is 0.293 e. The lowest BCUT2D eigenvalue weighted by Gasteiger charge is -2.17. The Kier molecular flexibility index (Phi) is 5.50. The van der Waals surface area contributed by atoms with Crippen LogP contribution in [-0.4, -0.2) is 16.5 Å². The molecule has 0 aliphatic carbocycles. The quantitative estimate of drug-likeness (QED) is 0.511. The van der Waals surface area contributed by atoms with E-state index in [0.717, 1.165) is 33.8 Å². The number of benzene rings is 1. The summed E-state index contributed by atoms with van der Waals surface area (Å²) in [6, 6.07) is 0. The highest BCUT2D eigenvalue weighted by Gasteiger charge is 2.17. The predicted octanol–water partition coefficient (Wildman–Crippen LogP) is 5.89. The number of carbonyl (C=O) groups is 1. The summed E-state index contributed by atoms with van der Waals surface area (Å²) in [6.07, 6.45) is 0. The van der Waals surface area contributed by atoms with E-state index >= 15 is 0 Å². The predicted molar refractivity (Wildman–Crippen MR) is 110 cm³/mol. The second-order valence-corrected chi connectivity index (χ2v) is 7.41. The van der Waals surface area contributed by atoms with Crippen LogP contribution in [0.2, 0.25) is 0 Å². The van der Waals surface area contributed by atoms with Gasteiger partial charge in [-0.1, -0.05) is 0 Å². The molecule has 0 spiro atoms. The highest BCUT2D eigenvalue weighted by atomic mass is 16.1. The van der Waals surface area contributed by atoms with Gasteiger partial charge in [0.25, 0.3) is 0 Å². The van der Waals surface area contributed by atoms with E-state index < -0.39 is 0 Å². The Hall–Kier alpha value is -2.29. The van der Waals surface area contributed by atoms with Gasteiger partial charge in [-0.2, -0.15) is 0 Å². The van der Waals surface area contributed by atoms with Crippen LogP contribution in [0.4, 0.5) is 5.69 Å². The average molecular weight is 351 g/mol. The molecule has 0 bridgehead atoms. The molecular formula is C23H30N2O. The third kappa shape index (κ3) is 3.23. The minimum atomic E-state index is -0.00552. The van der Waals surface area contributed by atoms with Crippen molar-refractivity contribution in [2.24, 2.45) is 4.99 Å². The number of nitrogens with zero attached hydrogens (tertiary/aromatic N) is 2. The molecule has 1 heterocycles. The molecule has 138 valence electrons. The van der Waals surface area contributed by atoms with E-state index in [-0.39, 0.29) is 5.78 Å². The molecule has 0 aliphatic heterocycles.